The van der Waals surface area contributed by atoms with Crippen LogP contribution in [-0.4, -0.2) is 23.9 Å². The first kappa shape index (κ1) is 19.2. The van der Waals surface area contributed by atoms with Gasteiger partial charge in [-0.1, -0.05) is 49.7 Å². The van der Waals surface area contributed by atoms with Crippen LogP contribution in [0.15, 0.2) is 42.5 Å². The third kappa shape index (κ3) is 4.59. The minimum Gasteiger partial charge on any atom is -0.339 e. The van der Waals surface area contributed by atoms with Gasteiger partial charge in [-0.3, -0.25) is 4.79 Å². The minimum atomic E-state index is 0.0509. The van der Waals surface area contributed by atoms with Gasteiger partial charge in [-0.25, -0.2) is 0 Å². The van der Waals surface area contributed by atoms with Gasteiger partial charge in [0.05, 0.1) is 0 Å². The van der Waals surface area contributed by atoms with Crippen molar-refractivity contribution in [1.82, 2.24) is 4.90 Å². The lowest BCUT2D eigenvalue weighted by Gasteiger charge is -2.21. The second-order valence-corrected chi connectivity index (χ2v) is 5.42. The molecule has 23 heavy (non-hydrogen) atoms. The van der Waals surface area contributed by atoms with Gasteiger partial charge >= 0.3 is 0 Å². The zero-order valence-corrected chi connectivity index (χ0v) is 15.4. The normalized spacial score (nSPS) is 9.83. The summed E-state index contributed by atoms with van der Waals surface area (Å²) in [4.78, 5) is 14.5. The number of benzene rings is 2. The van der Waals surface area contributed by atoms with E-state index in [2.05, 4.69) is 0 Å². The molecule has 0 aliphatic rings. The molecule has 0 aliphatic heterocycles. The van der Waals surface area contributed by atoms with Gasteiger partial charge < -0.3 is 4.90 Å². The van der Waals surface area contributed by atoms with E-state index in [4.69, 9.17) is 11.6 Å². The summed E-state index contributed by atoms with van der Waals surface area (Å²) in [5.74, 6) is 0.0509. The van der Waals surface area contributed by atoms with E-state index >= 15 is 0 Å². The van der Waals surface area contributed by atoms with Crippen LogP contribution in [0, 0.1) is 6.92 Å². The Bertz CT molecular complexity index is 648. The molecular weight excluding hydrogens is 306 g/mol. The Morgan fingerprint density at radius 2 is 1.61 bits per heavy atom. The molecule has 0 unspecified atom stereocenters. The topological polar surface area (TPSA) is 20.3 Å². The average molecular weight is 332 g/mol. The second-order valence-electron chi connectivity index (χ2n) is 4.98. The van der Waals surface area contributed by atoms with Crippen LogP contribution in [-0.2, 0) is 0 Å². The zero-order valence-electron chi connectivity index (χ0n) is 14.7. The van der Waals surface area contributed by atoms with Crippen molar-refractivity contribution in [3.05, 3.63) is 58.6 Å². The lowest BCUT2D eigenvalue weighted by molar-refractivity contribution is 0.0774. The summed E-state index contributed by atoms with van der Waals surface area (Å²) in [6, 6.07) is 13.5. The van der Waals surface area contributed by atoms with Gasteiger partial charge in [0, 0.05) is 23.7 Å². The minimum absolute atomic E-state index is 0.0509. The van der Waals surface area contributed by atoms with Crippen LogP contribution >= 0.6 is 11.6 Å². The fraction of sp³-hybridized carbons (Fsp3) is 0.350. The molecule has 3 heteroatoms. The van der Waals surface area contributed by atoms with E-state index in [0.717, 1.165) is 16.7 Å². The molecule has 0 saturated heterocycles. The van der Waals surface area contributed by atoms with E-state index in [0.29, 0.717) is 23.7 Å². The van der Waals surface area contributed by atoms with Crippen molar-refractivity contribution in [2.45, 2.75) is 34.6 Å². The fourth-order valence-corrected chi connectivity index (χ4v) is 2.65. The van der Waals surface area contributed by atoms with Gasteiger partial charge in [-0.15, -0.1) is 0 Å². The zero-order chi connectivity index (χ0) is 17.4. The number of nitrogens with zero attached hydrogens (tertiary/aromatic N) is 1. The van der Waals surface area contributed by atoms with E-state index in [9.17, 15) is 4.79 Å². The number of amides is 1. The van der Waals surface area contributed by atoms with E-state index in [1.54, 1.807) is 6.07 Å². The molecule has 0 atom stereocenters. The molecule has 2 aromatic rings. The molecule has 124 valence electrons. The summed E-state index contributed by atoms with van der Waals surface area (Å²) in [6.45, 7) is 11.4. The molecule has 0 radical (unpaired) electrons. The highest BCUT2D eigenvalue weighted by Crippen LogP contribution is 2.30. The van der Waals surface area contributed by atoms with Gasteiger partial charge in [0.15, 0.2) is 0 Å². The van der Waals surface area contributed by atoms with Crippen LogP contribution in [0.5, 0.6) is 0 Å². The number of carbonyl (C=O) groups excluding carboxylic acids is 1. The summed E-state index contributed by atoms with van der Waals surface area (Å²) < 4.78 is 0. The van der Waals surface area contributed by atoms with Crippen LogP contribution in [0.25, 0.3) is 11.1 Å². The van der Waals surface area contributed by atoms with Crippen molar-refractivity contribution in [3.8, 4) is 11.1 Å². The van der Waals surface area contributed by atoms with Gasteiger partial charge in [-0.05, 0) is 55.7 Å². The van der Waals surface area contributed by atoms with Crippen molar-refractivity contribution >= 4 is 17.5 Å². The van der Waals surface area contributed by atoms with Crippen LogP contribution in [0.3, 0.4) is 0 Å². The first-order valence-electron chi connectivity index (χ1n) is 8.23. The summed E-state index contributed by atoms with van der Waals surface area (Å²) in [6.07, 6.45) is 0. The molecule has 0 saturated carbocycles. The van der Waals surface area contributed by atoms with Crippen LogP contribution in [0.2, 0.25) is 5.02 Å². The molecular formula is C20H26ClNO. The Morgan fingerprint density at radius 3 is 2.17 bits per heavy atom. The summed E-state index contributed by atoms with van der Waals surface area (Å²) in [7, 11) is 0. The highest BCUT2D eigenvalue weighted by molar-refractivity contribution is 6.31. The molecule has 0 aliphatic carbocycles. The Balaban J connectivity index is 0.00000127. The molecule has 1 amide bonds. The van der Waals surface area contributed by atoms with Crippen LogP contribution < -0.4 is 0 Å². The van der Waals surface area contributed by atoms with E-state index < -0.39 is 0 Å². The van der Waals surface area contributed by atoms with E-state index in [1.165, 1.54) is 0 Å². The van der Waals surface area contributed by atoms with Gasteiger partial charge in [-0.2, -0.15) is 0 Å². The van der Waals surface area contributed by atoms with Crippen molar-refractivity contribution in [1.29, 1.82) is 0 Å². The Kier molecular flexibility index (Phi) is 7.84. The monoisotopic (exact) mass is 331 g/mol. The number of carbonyl (C=O) groups is 1. The van der Waals surface area contributed by atoms with E-state index in [1.807, 2.05) is 75.9 Å². The summed E-state index contributed by atoms with van der Waals surface area (Å²) >= 11 is 6.15. The Hall–Kier alpha value is -1.80. The van der Waals surface area contributed by atoms with Crippen molar-refractivity contribution in [2.24, 2.45) is 0 Å². The molecule has 2 rings (SSSR count). The molecule has 0 N–H and O–H groups in total. The lowest BCUT2D eigenvalue weighted by atomic mass is 9.95. The summed E-state index contributed by atoms with van der Waals surface area (Å²) in [5, 5.41) is 0.643. The Labute approximate surface area is 145 Å². The third-order valence-electron chi connectivity index (χ3n) is 3.70. The molecule has 2 aromatic carbocycles. The first-order chi connectivity index (χ1) is 11.1. The van der Waals surface area contributed by atoms with Crippen LogP contribution in [0.1, 0.15) is 43.6 Å². The van der Waals surface area contributed by atoms with Gasteiger partial charge in [0.25, 0.3) is 5.91 Å². The predicted molar refractivity (Wildman–Crippen MR) is 100 cm³/mol. The average Bonchev–Trinajstić information content (AvgIpc) is 2.58. The number of hydrogen-bond acceptors (Lipinski definition) is 1. The smallest absolute Gasteiger partial charge is 0.254 e. The second kappa shape index (κ2) is 9.36. The number of aryl methyl sites for hydroxylation is 1. The number of rotatable bonds is 4. The van der Waals surface area contributed by atoms with Crippen molar-refractivity contribution < 1.29 is 4.79 Å². The van der Waals surface area contributed by atoms with Crippen molar-refractivity contribution in [3.63, 3.8) is 0 Å². The molecule has 2 nitrogen and oxygen atoms in total. The molecule has 0 spiro atoms. The maximum Gasteiger partial charge on any atom is 0.254 e. The standard InChI is InChI=1S/C18H20ClNO.C2H6/c1-4-20(5-2)18(21)16-11-10-14(19)12-17(16)15-9-7-6-8-13(15)3;1-2/h6-12H,4-5H2,1-3H3;1-2H3. The highest BCUT2D eigenvalue weighted by atomic mass is 35.5. The number of hydrogen-bond donors (Lipinski definition) is 0. The lowest BCUT2D eigenvalue weighted by Crippen LogP contribution is -2.30. The summed E-state index contributed by atoms with van der Waals surface area (Å²) in [5.41, 5.74) is 3.79. The van der Waals surface area contributed by atoms with Gasteiger partial charge in [0.1, 0.15) is 0 Å². The fourth-order valence-electron chi connectivity index (χ4n) is 2.48. The molecule has 0 bridgehead atoms. The number of halogens is 1. The SMILES string of the molecule is CC.CCN(CC)C(=O)c1ccc(Cl)cc1-c1ccccc1C. The first-order valence-corrected chi connectivity index (χ1v) is 8.61. The third-order valence-corrected chi connectivity index (χ3v) is 3.93. The molecule has 0 aromatic heterocycles. The van der Waals surface area contributed by atoms with Crippen molar-refractivity contribution in [2.75, 3.05) is 13.1 Å². The quantitative estimate of drug-likeness (QED) is 0.690. The Morgan fingerprint density at radius 1 is 1.00 bits per heavy atom. The molecule has 0 heterocycles. The van der Waals surface area contributed by atoms with E-state index in [-0.39, 0.29) is 5.91 Å². The maximum atomic E-state index is 12.7. The highest BCUT2D eigenvalue weighted by Gasteiger charge is 2.18. The van der Waals surface area contributed by atoms with Crippen LogP contribution in [0.4, 0.5) is 0 Å². The predicted octanol–water partition coefficient (Wildman–Crippen LogP) is 5.82. The van der Waals surface area contributed by atoms with Gasteiger partial charge in [0.2, 0.25) is 0 Å². The maximum absolute atomic E-state index is 12.7. The molecule has 0 fully saturated rings. The largest absolute Gasteiger partial charge is 0.339 e.